The third-order valence-corrected chi connectivity index (χ3v) is 3.38. The number of ketones is 1. The summed E-state index contributed by atoms with van der Waals surface area (Å²) in [5.41, 5.74) is 3.24. The van der Waals surface area contributed by atoms with E-state index in [0.29, 0.717) is 23.4 Å². The van der Waals surface area contributed by atoms with E-state index in [1.807, 2.05) is 31.2 Å². The van der Waals surface area contributed by atoms with E-state index in [-0.39, 0.29) is 18.3 Å². The van der Waals surface area contributed by atoms with Crippen molar-refractivity contribution in [1.82, 2.24) is 0 Å². The van der Waals surface area contributed by atoms with E-state index in [4.69, 9.17) is 4.74 Å². The Bertz CT molecular complexity index is 722. The number of anilines is 1. The number of amides is 1. The molecule has 0 radical (unpaired) electrons. The molecule has 1 heterocycles. The van der Waals surface area contributed by atoms with Gasteiger partial charge in [-0.3, -0.25) is 9.59 Å². The van der Waals surface area contributed by atoms with Gasteiger partial charge < -0.3 is 10.1 Å². The number of carbonyl (C=O) groups excluding carboxylic acids is 2. The number of Topliss-reactive ketones (excluding diaryl/α,β-unsaturated/α-hetero) is 1. The lowest BCUT2D eigenvalue weighted by Crippen LogP contribution is -2.25. The number of hydrogen-bond donors (Lipinski definition) is 1. The summed E-state index contributed by atoms with van der Waals surface area (Å²) in [7, 11) is 0. The molecule has 1 N–H and O–H groups in total. The SMILES string of the molecule is Cc1cccc(CC(=O)c2ccc3c(c2)NC(=O)CO3)c1. The first-order valence-corrected chi connectivity index (χ1v) is 6.77. The highest BCUT2D eigenvalue weighted by molar-refractivity contribution is 6.01. The van der Waals surface area contributed by atoms with Crippen molar-refractivity contribution in [2.45, 2.75) is 13.3 Å². The number of benzene rings is 2. The monoisotopic (exact) mass is 281 g/mol. The highest BCUT2D eigenvalue weighted by Gasteiger charge is 2.17. The van der Waals surface area contributed by atoms with Crippen LogP contribution in [0, 0.1) is 6.92 Å². The molecule has 0 aromatic heterocycles. The molecule has 1 aliphatic rings. The van der Waals surface area contributed by atoms with Gasteiger partial charge in [0, 0.05) is 12.0 Å². The molecule has 4 nitrogen and oxygen atoms in total. The Morgan fingerprint density at radius 1 is 1.24 bits per heavy atom. The van der Waals surface area contributed by atoms with E-state index in [1.165, 1.54) is 0 Å². The van der Waals surface area contributed by atoms with Crippen LogP contribution in [0.1, 0.15) is 21.5 Å². The summed E-state index contributed by atoms with van der Waals surface area (Å²) >= 11 is 0. The summed E-state index contributed by atoms with van der Waals surface area (Å²) in [4.78, 5) is 23.7. The maximum Gasteiger partial charge on any atom is 0.262 e. The van der Waals surface area contributed by atoms with Gasteiger partial charge in [0.1, 0.15) is 5.75 Å². The molecule has 0 unspecified atom stereocenters. The van der Waals surface area contributed by atoms with E-state index in [2.05, 4.69) is 5.32 Å². The van der Waals surface area contributed by atoms with Gasteiger partial charge in [-0.05, 0) is 30.7 Å². The summed E-state index contributed by atoms with van der Waals surface area (Å²) in [6, 6.07) is 13.0. The van der Waals surface area contributed by atoms with Crippen molar-refractivity contribution >= 4 is 17.4 Å². The van der Waals surface area contributed by atoms with Gasteiger partial charge in [0.15, 0.2) is 12.4 Å². The standard InChI is InChI=1S/C17H15NO3/c1-11-3-2-4-12(7-11)8-15(19)13-5-6-16-14(9-13)18-17(20)10-21-16/h2-7,9H,8,10H2,1H3,(H,18,20). The number of hydrogen-bond acceptors (Lipinski definition) is 3. The molecule has 0 fully saturated rings. The minimum absolute atomic E-state index is 0.0169. The topological polar surface area (TPSA) is 55.4 Å². The summed E-state index contributed by atoms with van der Waals surface area (Å²) < 4.78 is 5.28. The molecule has 0 spiro atoms. The molecule has 106 valence electrons. The van der Waals surface area contributed by atoms with Crippen LogP contribution in [0.5, 0.6) is 5.75 Å². The highest BCUT2D eigenvalue weighted by atomic mass is 16.5. The zero-order chi connectivity index (χ0) is 14.8. The van der Waals surface area contributed by atoms with Crippen LogP contribution in [-0.4, -0.2) is 18.3 Å². The number of nitrogens with one attached hydrogen (secondary N) is 1. The predicted molar refractivity (Wildman–Crippen MR) is 79.8 cm³/mol. The molecule has 0 saturated heterocycles. The average molecular weight is 281 g/mol. The van der Waals surface area contributed by atoms with Crippen molar-refractivity contribution in [3.63, 3.8) is 0 Å². The zero-order valence-electron chi connectivity index (χ0n) is 11.7. The van der Waals surface area contributed by atoms with Gasteiger partial charge in [-0.2, -0.15) is 0 Å². The van der Waals surface area contributed by atoms with Gasteiger partial charge in [-0.1, -0.05) is 29.8 Å². The normalized spacial score (nSPS) is 13.1. The van der Waals surface area contributed by atoms with Crippen LogP contribution in [0.3, 0.4) is 0 Å². The quantitative estimate of drug-likeness (QED) is 0.880. The van der Waals surface area contributed by atoms with Crippen LogP contribution in [0.2, 0.25) is 0 Å². The molecule has 0 atom stereocenters. The second kappa shape index (κ2) is 5.40. The zero-order valence-corrected chi connectivity index (χ0v) is 11.7. The Morgan fingerprint density at radius 2 is 2.10 bits per heavy atom. The number of ether oxygens (including phenoxy) is 1. The molecule has 21 heavy (non-hydrogen) atoms. The first-order chi connectivity index (χ1) is 10.1. The van der Waals surface area contributed by atoms with Crippen molar-refractivity contribution in [1.29, 1.82) is 0 Å². The molecule has 2 aromatic rings. The number of aryl methyl sites for hydroxylation is 1. The Labute approximate surface area is 122 Å². The first-order valence-electron chi connectivity index (χ1n) is 6.77. The van der Waals surface area contributed by atoms with E-state index in [1.54, 1.807) is 18.2 Å². The first kappa shape index (κ1) is 13.4. The van der Waals surface area contributed by atoms with Gasteiger partial charge in [-0.15, -0.1) is 0 Å². The fraction of sp³-hybridized carbons (Fsp3) is 0.176. The highest BCUT2D eigenvalue weighted by Crippen LogP contribution is 2.28. The summed E-state index contributed by atoms with van der Waals surface area (Å²) in [6.45, 7) is 2.02. The van der Waals surface area contributed by atoms with E-state index in [9.17, 15) is 9.59 Å². The van der Waals surface area contributed by atoms with Crippen molar-refractivity contribution in [2.75, 3.05) is 11.9 Å². The van der Waals surface area contributed by atoms with E-state index in [0.717, 1.165) is 11.1 Å². The van der Waals surface area contributed by atoms with Crippen molar-refractivity contribution < 1.29 is 14.3 Å². The van der Waals surface area contributed by atoms with Crippen LogP contribution in [0.25, 0.3) is 0 Å². The van der Waals surface area contributed by atoms with Gasteiger partial charge in [0.25, 0.3) is 5.91 Å². The third-order valence-electron chi connectivity index (χ3n) is 3.38. The lowest BCUT2D eigenvalue weighted by atomic mass is 10.0. The third kappa shape index (κ3) is 2.94. The summed E-state index contributed by atoms with van der Waals surface area (Å²) in [5.74, 6) is 0.413. The fourth-order valence-electron chi connectivity index (χ4n) is 2.37. The minimum atomic E-state index is -0.203. The Balaban J connectivity index is 1.82. The van der Waals surface area contributed by atoms with Crippen molar-refractivity contribution in [3.8, 4) is 5.75 Å². The average Bonchev–Trinajstić information content (AvgIpc) is 2.46. The maximum atomic E-state index is 12.3. The Kier molecular flexibility index (Phi) is 3.44. The molecule has 1 aliphatic heterocycles. The second-order valence-corrected chi connectivity index (χ2v) is 5.14. The van der Waals surface area contributed by atoms with Gasteiger partial charge >= 0.3 is 0 Å². The minimum Gasteiger partial charge on any atom is -0.482 e. The van der Waals surface area contributed by atoms with Crippen molar-refractivity contribution in [2.24, 2.45) is 0 Å². The largest absolute Gasteiger partial charge is 0.482 e. The molecular formula is C17H15NO3. The Morgan fingerprint density at radius 3 is 2.90 bits per heavy atom. The number of fused-ring (bicyclic) bond motifs is 1. The molecule has 2 aromatic carbocycles. The second-order valence-electron chi connectivity index (χ2n) is 5.14. The van der Waals surface area contributed by atoms with E-state index < -0.39 is 0 Å². The molecule has 0 aliphatic carbocycles. The number of rotatable bonds is 3. The van der Waals surface area contributed by atoms with Gasteiger partial charge in [0.2, 0.25) is 0 Å². The molecule has 3 rings (SSSR count). The van der Waals surface area contributed by atoms with Crippen LogP contribution in [0.15, 0.2) is 42.5 Å². The molecular weight excluding hydrogens is 266 g/mol. The maximum absolute atomic E-state index is 12.3. The van der Waals surface area contributed by atoms with E-state index >= 15 is 0 Å². The lowest BCUT2D eigenvalue weighted by molar-refractivity contribution is -0.118. The van der Waals surface area contributed by atoms with Crippen LogP contribution in [0.4, 0.5) is 5.69 Å². The van der Waals surface area contributed by atoms with Gasteiger partial charge in [0.05, 0.1) is 5.69 Å². The molecule has 4 heteroatoms. The van der Waals surface area contributed by atoms with Crippen LogP contribution in [-0.2, 0) is 11.2 Å². The summed E-state index contributed by atoms with van der Waals surface area (Å²) in [6.07, 6.45) is 0.343. The van der Waals surface area contributed by atoms with Crippen LogP contribution >= 0.6 is 0 Å². The van der Waals surface area contributed by atoms with Gasteiger partial charge in [-0.25, -0.2) is 0 Å². The van der Waals surface area contributed by atoms with Crippen LogP contribution < -0.4 is 10.1 Å². The Hall–Kier alpha value is -2.62. The number of carbonyl (C=O) groups is 2. The van der Waals surface area contributed by atoms with Crippen molar-refractivity contribution in [3.05, 3.63) is 59.2 Å². The molecule has 0 bridgehead atoms. The lowest BCUT2D eigenvalue weighted by Gasteiger charge is -2.18. The fourth-order valence-corrected chi connectivity index (χ4v) is 2.37. The summed E-state index contributed by atoms with van der Waals surface area (Å²) in [5, 5.41) is 2.71. The predicted octanol–water partition coefficient (Wildman–Crippen LogP) is 2.75. The molecule has 1 amide bonds. The smallest absolute Gasteiger partial charge is 0.262 e. The molecule has 0 saturated carbocycles.